The van der Waals surface area contributed by atoms with E-state index in [1.54, 1.807) is 0 Å². The van der Waals surface area contributed by atoms with E-state index in [4.69, 9.17) is 0 Å². The van der Waals surface area contributed by atoms with E-state index in [1.807, 2.05) is 18.0 Å². The number of nitrogens with zero attached hydrogens (tertiary/aromatic N) is 1. The summed E-state index contributed by atoms with van der Waals surface area (Å²) in [5.74, 6) is 1.96. The summed E-state index contributed by atoms with van der Waals surface area (Å²) in [7, 11) is 0. The van der Waals surface area contributed by atoms with Crippen LogP contribution >= 0.6 is 11.8 Å². The van der Waals surface area contributed by atoms with Gasteiger partial charge in [0.05, 0.1) is 0 Å². The minimum atomic E-state index is 0.974. The van der Waals surface area contributed by atoms with Crippen LogP contribution in [0.4, 0.5) is 5.82 Å². The second kappa shape index (κ2) is 7.19. The van der Waals surface area contributed by atoms with Gasteiger partial charge in [-0.1, -0.05) is 24.6 Å². The van der Waals surface area contributed by atoms with E-state index in [0.717, 1.165) is 24.5 Å². The summed E-state index contributed by atoms with van der Waals surface area (Å²) in [5, 5.41) is 3.32. The first-order valence-corrected chi connectivity index (χ1v) is 7.65. The molecular formula is C16H20N2S. The van der Waals surface area contributed by atoms with Crippen LogP contribution in [-0.2, 0) is 5.75 Å². The van der Waals surface area contributed by atoms with Crippen molar-refractivity contribution in [3.05, 3.63) is 53.7 Å². The van der Waals surface area contributed by atoms with Gasteiger partial charge in [0, 0.05) is 23.4 Å². The van der Waals surface area contributed by atoms with Crippen molar-refractivity contribution in [2.75, 3.05) is 11.9 Å². The maximum atomic E-state index is 4.33. The Kier molecular flexibility index (Phi) is 5.28. The van der Waals surface area contributed by atoms with E-state index >= 15 is 0 Å². The summed E-state index contributed by atoms with van der Waals surface area (Å²) in [6.45, 7) is 5.26. The van der Waals surface area contributed by atoms with Crippen molar-refractivity contribution in [2.45, 2.75) is 30.9 Å². The molecule has 0 aliphatic carbocycles. The normalized spacial score (nSPS) is 10.4. The van der Waals surface area contributed by atoms with Crippen LogP contribution in [0.25, 0.3) is 0 Å². The fourth-order valence-electron chi connectivity index (χ4n) is 1.79. The SMILES string of the molecule is CCCNc1cc(CSc2cccc(C)c2)ccn1. The first kappa shape index (κ1) is 13.9. The molecular weight excluding hydrogens is 252 g/mol. The molecule has 0 saturated carbocycles. The minimum absolute atomic E-state index is 0.974. The molecule has 0 radical (unpaired) electrons. The highest BCUT2D eigenvalue weighted by atomic mass is 32.2. The fraction of sp³-hybridized carbons (Fsp3) is 0.312. The number of pyridine rings is 1. The lowest BCUT2D eigenvalue weighted by atomic mass is 10.2. The highest BCUT2D eigenvalue weighted by Crippen LogP contribution is 2.24. The summed E-state index contributed by atoms with van der Waals surface area (Å²) in [5.41, 5.74) is 2.62. The van der Waals surface area contributed by atoms with Crippen LogP contribution in [0.3, 0.4) is 0 Å². The Balaban J connectivity index is 1.95. The van der Waals surface area contributed by atoms with Crippen LogP contribution in [0.1, 0.15) is 24.5 Å². The van der Waals surface area contributed by atoms with E-state index in [2.05, 4.69) is 60.5 Å². The molecule has 0 fully saturated rings. The molecule has 100 valence electrons. The van der Waals surface area contributed by atoms with Crippen molar-refractivity contribution in [3.8, 4) is 0 Å². The molecule has 2 nitrogen and oxygen atoms in total. The number of hydrogen-bond donors (Lipinski definition) is 1. The second-order valence-electron chi connectivity index (χ2n) is 4.58. The van der Waals surface area contributed by atoms with Gasteiger partial charge in [-0.2, -0.15) is 0 Å². The van der Waals surface area contributed by atoms with Crippen molar-refractivity contribution in [3.63, 3.8) is 0 Å². The number of thioether (sulfide) groups is 1. The Hall–Kier alpha value is -1.48. The molecule has 2 rings (SSSR count). The molecule has 2 aromatic rings. The van der Waals surface area contributed by atoms with E-state index in [-0.39, 0.29) is 0 Å². The minimum Gasteiger partial charge on any atom is -0.370 e. The topological polar surface area (TPSA) is 24.9 Å². The third-order valence-electron chi connectivity index (χ3n) is 2.78. The molecule has 19 heavy (non-hydrogen) atoms. The van der Waals surface area contributed by atoms with Crippen molar-refractivity contribution in [1.82, 2.24) is 4.98 Å². The van der Waals surface area contributed by atoms with E-state index in [1.165, 1.54) is 16.0 Å². The first-order valence-electron chi connectivity index (χ1n) is 6.66. The average Bonchev–Trinajstić information content (AvgIpc) is 2.43. The van der Waals surface area contributed by atoms with Gasteiger partial charge in [0.15, 0.2) is 0 Å². The van der Waals surface area contributed by atoms with E-state index in [0.29, 0.717) is 0 Å². The van der Waals surface area contributed by atoms with Crippen LogP contribution in [0.5, 0.6) is 0 Å². The summed E-state index contributed by atoms with van der Waals surface area (Å²) in [6.07, 6.45) is 2.99. The van der Waals surface area contributed by atoms with Crippen LogP contribution in [0, 0.1) is 6.92 Å². The molecule has 3 heteroatoms. The number of benzene rings is 1. The molecule has 0 spiro atoms. The van der Waals surface area contributed by atoms with Crippen LogP contribution in [0.15, 0.2) is 47.5 Å². The maximum Gasteiger partial charge on any atom is 0.126 e. The predicted molar refractivity (Wildman–Crippen MR) is 83.8 cm³/mol. The highest BCUT2D eigenvalue weighted by Gasteiger charge is 1.99. The average molecular weight is 272 g/mol. The highest BCUT2D eigenvalue weighted by molar-refractivity contribution is 7.98. The number of rotatable bonds is 6. The van der Waals surface area contributed by atoms with Gasteiger partial charge in [-0.3, -0.25) is 0 Å². The van der Waals surface area contributed by atoms with Gasteiger partial charge in [0.25, 0.3) is 0 Å². The number of nitrogens with one attached hydrogen (secondary N) is 1. The Morgan fingerprint density at radius 3 is 2.89 bits per heavy atom. The molecule has 1 aromatic heterocycles. The maximum absolute atomic E-state index is 4.33. The standard InChI is InChI=1S/C16H20N2S/c1-3-8-17-16-11-14(7-9-18-16)12-19-15-6-4-5-13(2)10-15/h4-7,9-11H,3,8,12H2,1-2H3,(H,17,18). The molecule has 0 bridgehead atoms. The number of hydrogen-bond acceptors (Lipinski definition) is 3. The Morgan fingerprint density at radius 1 is 1.21 bits per heavy atom. The van der Waals surface area contributed by atoms with Gasteiger partial charge in [0.1, 0.15) is 5.82 Å². The van der Waals surface area contributed by atoms with Gasteiger partial charge in [0.2, 0.25) is 0 Å². The monoisotopic (exact) mass is 272 g/mol. The summed E-state index contributed by atoms with van der Waals surface area (Å²) in [4.78, 5) is 5.64. The van der Waals surface area contributed by atoms with Gasteiger partial charge >= 0.3 is 0 Å². The molecule has 1 heterocycles. The molecule has 1 N–H and O–H groups in total. The fourth-order valence-corrected chi connectivity index (χ4v) is 2.74. The molecule has 0 atom stereocenters. The van der Waals surface area contributed by atoms with Crippen molar-refractivity contribution in [1.29, 1.82) is 0 Å². The number of aromatic nitrogens is 1. The molecule has 0 unspecified atom stereocenters. The van der Waals surface area contributed by atoms with E-state index in [9.17, 15) is 0 Å². The predicted octanol–water partition coefficient (Wildman–Crippen LogP) is 4.50. The molecule has 0 amide bonds. The zero-order valence-electron chi connectivity index (χ0n) is 11.5. The van der Waals surface area contributed by atoms with Crippen molar-refractivity contribution in [2.24, 2.45) is 0 Å². The lowest BCUT2D eigenvalue weighted by Crippen LogP contribution is -2.01. The second-order valence-corrected chi connectivity index (χ2v) is 5.63. The van der Waals surface area contributed by atoms with Gasteiger partial charge in [-0.05, 0) is 43.2 Å². The van der Waals surface area contributed by atoms with Crippen LogP contribution in [-0.4, -0.2) is 11.5 Å². The molecule has 1 aromatic carbocycles. The number of aryl methyl sites for hydroxylation is 1. The first-order chi connectivity index (χ1) is 9.28. The third kappa shape index (κ3) is 4.60. The Morgan fingerprint density at radius 2 is 2.11 bits per heavy atom. The Labute approximate surface area is 119 Å². The molecule has 0 saturated heterocycles. The van der Waals surface area contributed by atoms with Crippen LogP contribution in [0.2, 0.25) is 0 Å². The van der Waals surface area contributed by atoms with E-state index < -0.39 is 0 Å². The van der Waals surface area contributed by atoms with Crippen molar-refractivity contribution < 1.29 is 0 Å². The quantitative estimate of drug-likeness (QED) is 0.783. The molecule has 0 aliphatic rings. The summed E-state index contributed by atoms with van der Waals surface area (Å²) >= 11 is 1.86. The number of anilines is 1. The molecule has 0 aliphatic heterocycles. The zero-order valence-corrected chi connectivity index (χ0v) is 12.3. The largest absolute Gasteiger partial charge is 0.370 e. The lowest BCUT2D eigenvalue weighted by Gasteiger charge is -2.06. The zero-order chi connectivity index (χ0) is 13.5. The summed E-state index contributed by atoms with van der Waals surface area (Å²) in [6, 6.07) is 12.8. The van der Waals surface area contributed by atoms with Crippen LogP contribution < -0.4 is 5.32 Å². The third-order valence-corrected chi connectivity index (χ3v) is 3.84. The Bertz CT molecular complexity index is 526. The van der Waals surface area contributed by atoms with Gasteiger partial charge < -0.3 is 5.32 Å². The van der Waals surface area contributed by atoms with Gasteiger partial charge in [-0.25, -0.2) is 4.98 Å². The van der Waals surface area contributed by atoms with Crippen molar-refractivity contribution >= 4 is 17.6 Å². The van der Waals surface area contributed by atoms with Gasteiger partial charge in [-0.15, -0.1) is 11.8 Å². The summed E-state index contributed by atoms with van der Waals surface area (Å²) < 4.78 is 0. The lowest BCUT2D eigenvalue weighted by molar-refractivity contribution is 0.968. The smallest absolute Gasteiger partial charge is 0.126 e.